The number of benzene rings is 1. The Balaban J connectivity index is 1.91. The summed E-state index contributed by atoms with van der Waals surface area (Å²) in [5.74, 6) is 0.755. The average Bonchev–Trinajstić information content (AvgIpc) is 2.49. The third-order valence-corrected chi connectivity index (χ3v) is 3.32. The van der Waals surface area contributed by atoms with Crippen LogP contribution in [0, 0.1) is 0 Å². The molecule has 1 amide bonds. The molecule has 23 heavy (non-hydrogen) atoms. The largest absolute Gasteiger partial charge is 0.491 e. The van der Waals surface area contributed by atoms with Crippen LogP contribution in [-0.2, 0) is 11.2 Å². The van der Waals surface area contributed by atoms with Gasteiger partial charge in [0, 0.05) is 5.69 Å². The molecule has 1 aromatic heterocycles. The molecule has 0 radical (unpaired) electrons. The molecule has 0 spiro atoms. The molecule has 1 heterocycles. The van der Waals surface area contributed by atoms with Gasteiger partial charge in [0.15, 0.2) is 0 Å². The number of carbonyl (C=O) groups is 1. The lowest BCUT2D eigenvalue weighted by Crippen LogP contribution is -2.28. The first-order chi connectivity index (χ1) is 10.9. The molecule has 5 nitrogen and oxygen atoms in total. The molecular weight excluding hydrogens is 290 g/mol. The fourth-order valence-corrected chi connectivity index (χ4v) is 2.19. The highest BCUT2D eigenvalue weighted by atomic mass is 16.5. The van der Waals surface area contributed by atoms with Gasteiger partial charge in [0.2, 0.25) is 5.91 Å². The van der Waals surface area contributed by atoms with Gasteiger partial charge in [-0.1, -0.05) is 12.1 Å². The second-order valence-electron chi connectivity index (χ2n) is 5.78. The highest BCUT2D eigenvalue weighted by molar-refractivity contribution is 5.78. The van der Waals surface area contributed by atoms with Crippen LogP contribution in [0.3, 0.4) is 0 Å². The molecular formula is C18H23N3O2. The molecule has 5 heteroatoms. The standard InChI is InChI=1S/C18H23N3O2/c1-12(2)23-17-8-4-14(5-9-17)13(3)21-18(22)10-16-7-6-15(19)11-20-16/h4-9,11-13H,10,19H2,1-3H3,(H,21,22). The predicted octanol–water partition coefficient (Wildman–Crippen LogP) is 2.87. The molecule has 0 aliphatic heterocycles. The van der Waals surface area contributed by atoms with Crippen molar-refractivity contribution >= 4 is 11.6 Å². The lowest BCUT2D eigenvalue weighted by molar-refractivity contribution is -0.121. The fraction of sp³-hybridized carbons (Fsp3) is 0.333. The highest BCUT2D eigenvalue weighted by Crippen LogP contribution is 2.18. The Hall–Kier alpha value is -2.56. The van der Waals surface area contributed by atoms with Crippen LogP contribution in [0.1, 0.15) is 38.1 Å². The van der Waals surface area contributed by atoms with E-state index in [4.69, 9.17) is 10.5 Å². The first-order valence-electron chi connectivity index (χ1n) is 7.70. The SMILES string of the molecule is CC(C)Oc1ccc(C(C)NC(=O)Cc2ccc(N)cn2)cc1. The van der Waals surface area contributed by atoms with E-state index in [2.05, 4.69) is 10.3 Å². The minimum Gasteiger partial charge on any atom is -0.491 e. The Bertz CT molecular complexity index is 636. The Morgan fingerprint density at radius 2 is 1.87 bits per heavy atom. The summed E-state index contributed by atoms with van der Waals surface area (Å²) in [4.78, 5) is 16.2. The van der Waals surface area contributed by atoms with Crippen molar-refractivity contribution in [1.82, 2.24) is 10.3 Å². The van der Waals surface area contributed by atoms with E-state index in [1.165, 1.54) is 0 Å². The van der Waals surface area contributed by atoms with Gasteiger partial charge >= 0.3 is 0 Å². The van der Waals surface area contributed by atoms with Crippen molar-refractivity contribution in [3.05, 3.63) is 53.9 Å². The molecule has 2 rings (SSSR count). The molecule has 1 aromatic carbocycles. The summed E-state index contributed by atoms with van der Waals surface area (Å²) in [5.41, 5.74) is 7.90. The van der Waals surface area contributed by atoms with E-state index in [0.29, 0.717) is 11.4 Å². The number of hydrogen-bond donors (Lipinski definition) is 2. The molecule has 0 saturated heterocycles. The van der Waals surface area contributed by atoms with E-state index in [0.717, 1.165) is 11.3 Å². The lowest BCUT2D eigenvalue weighted by atomic mass is 10.1. The van der Waals surface area contributed by atoms with E-state index in [9.17, 15) is 4.79 Å². The van der Waals surface area contributed by atoms with Gasteiger partial charge in [0.1, 0.15) is 5.75 Å². The Kier molecular flexibility index (Phi) is 5.57. The number of anilines is 1. The number of ether oxygens (including phenoxy) is 1. The molecule has 1 atom stereocenters. The van der Waals surface area contributed by atoms with Crippen LogP contribution in [0.5, 0.6) is 5.75 Å². The number of nitrogens with one attached hydrogen (secondary N) is 1. The number of nitrogens with two attached hydrogens (primary N) is 1. The van der Waals surface area contributed by atoms with Crippen molar-refractivity contribution in [2.75, 3.05) is 5.73 Å². The van der Waals surface area contributed by atoms with Gasteiger partial charge in [-0.3, -0.25) is 9.78 Å². The predicted molar refractivity (Wildman–Crippen MR) is 91.1 cm³/mol. The summed E-state index contributed by atoms with van der Waals surface area (Å²) >= 11 is 0. The molecule has 2 aromatic rings. The summed E-state index contributed by atoms with van der Waals surface area (Å²) in [7, 11) is 0. The Labute approximate surface area is 136 Å². The van der Waals surface area contributed by atoms with Gasteiger partial charge in [0.05, 0.1) is 30.5 Å². The van der Waals surface area contributed by atoms with Gasteiger partial charge < -0.3 is 15.8 Å². The molecule has 0 aliphatic carbocycles. The number of aromatic nitrogens is 1. The van der Waals surface area contributed by atoms with Crippen LogP contribution in [0.4, 0.5) is 5.69 Å². The summed E-state index contributed by atoms with van der Waals surface area (Å²) in [6, 6.07) is 11.2. The molecule has 0 saturated carbocycles. The molecule has 0 bridgehead atoms. The zero-order chi connectivity index (χ0) is 16.8. The van der Waals surface area contributed by atoms with Crippen molar-refractivity contribution in [3.8, 4) is 5.75 Å². The van der Waals surface area contributed by atoms with E-state index in [1.54, 1.807) is 18.3 Å². The van der Waals surface area contributed by atoms with Gasteiger partial charge in [0.25, 0.3) is 0 Å². The van der Waals surface area contributed by atoms with Gasteiger partial charge in [-0.25, -0.2) is 0 Å². The first-order valence-corrected chi connectivity index (χ1v) is 7.70. The minimum absolute atomic E-state index is 0.0720. The Morgan fingerprint density at radius 1 is 1.17 bits per heavy atom. The van der Waals surface area contributed by atoms with Crippen molar-refractivity contribution < 1.29 is 9.53 Å². The number of rotatable bonds is 6. The van der Waals surface area contributed by atoms with Crippen LogP contribution in [0.15, 0.2) is 42.6 Å². The molecule has 1 unspecified atom stereocenters. The van der Waals surface area contributed by atoms with E-state index >= 15 is 0 Å². The number of nitrogen functional groups attached to an aromatic ring is 1. The van der Waals surface area contributed by atoms with Crippen LogP contribution in [0.2, 0.25) is 0 Å². The van der Waals surface area contributed by atoms with Crippen molar-refractivity contribution in [3.63, 3.8) is 0 Å². The maximum atomic E-state index is 12.1. The van der Waals surface area contributed by atoms with Crippen LogP contribution in [-0.4, -0.2) is 17.0 Å². The topological polar surface area (TPSA) is 77.2 Å². The summed E-state index contributed by atoms with van der Waals surface area (Å²) in [6.45, 7) is 5.93. The van der Waals surface area contributed by atoms with E-state index < -0.39 is 0 Å². The first kappa shape index (κ1) is 16.8. The van der Waals surface area contributed by atoms with Crippen molar-refractivity contribution in [2.45, 2.75) is 39.3 Å². The zero-order valence-electron chi connectivity index (χ0n) is 13.7. The fourth-order valence-electron chi connectivity index (χ4n) is 2.19. The average molecular weight is 313 g/mol. The van der Waals surface area contributed by atoms with Gasteiger partial charge in [-0.05, 0) is 50.6 Å². The molecule has 3 N–H and O–H groups in total. The highest BCUT2D eigenvalue weighted by Gasteiger charge is 2.11. The van der Waals surface area contributed by atoms with Crippen molar-refractivity contribution in [1.29, 1.82) is 0 Å². The molecule has 122 valence electrons. The van der Waals surface area contributed by atoms with Crippen molar-refractivity contribution in [2.24, 2.45) is 0 Å². The number of amides is 1. The monoisotopic (exact) mass is 313 g/mol. The molecule has 0 fully saturated rings. The quantitative estimate of drug-likeness (QED) is 0.859. The van der Waals surface area contributed by atoms with Crippen LogP contribution < -0.4 is 15.8 Å². The maximum Gasteiger partial charge on any atom is 0.226 e. The summed E-state index contributed by atoms with van der Waals surface area (Å²) in [5, 5.41) is 2.97. The van der Waals surface area contributed by atoms with E-state index in [-0.39, 0.29) is 24.5 Å². The lowest BCUT2D eigenvalue weighted by Gasteiger charge is -2.15. The van der Waals surface area contributed by atoms with Crippen LogP contribution in [0.25, 0.3) is 0 Å². The Morgan fingerprint density at radius 3 is 2.43 bits per heavy atom. The number of nitrogens with zero attached hydrogens (tertiary/aromatic N) is 1. The number of hydrogen-bond acceptors (Lipinski definition) is 4. The smallest absolute Gasteiger partial charge is 0.226 e. The summed E-state index contributed by atoms with van der Waals surface area (Å²) < 4.78 is 5.61. The third-order valence-electron chi connectivity index (χ3n) is 3.32. The maximum absolute atomic E-state index is 12.1. The van der Waals surface area contributed by atoms with Crippen LogP contribution >= 0.6 is 0 Å². The second-order valence-corrected chi connectivity index (χ2v) is 5.78. The van der Waals surface area contributed by atoms with E-state index in [1.807, 2.05) is 45.0 Å². The summed E-state index contributed by atoms with van der Waals surface area (Å²) in [6.07, 6.45) is 1.93. The molecule has 0 aliphatic rings. The number of pyridine rings is 1. The second kappa shape index (κ2) is 7.63. The van der Waals surface area contributed by atoms with Gasteiger partial charge in [-0.2, -0.15) is 0 Å². The third kappa shape index (κ3) is 5.29. The zero-order valence-corrected chi connectivity index (χ0v) is 13.7. The normalized spacial score (nSPS) is 12.0. The number of carbonyl (C=O) groups excluding carboxylic acids is 1. The van der Waals surface area contributed by atoms with Gasteiger partial charge in [-0.15, -0.1) is 0 Å². The minimum atomic E-state index is -0.0793.